The van der Waals surface area contributed by atoms with Gasteiger partial charge in [-0.1, -0.05) is 37.0 Å². The van der Waals surface area contributed by atoms with Crippen LogP contribution in [0.2, 0.25) is 10.2 Å². The molecule has 0 saturated carbocycles. The largest absolute Gasteiger partial charge is 0.278 e. The van der Waals surface area contributed by atoms with Gasteiger partial charge in [0.1, 0.15) is 5.15 Å². The fourth-order valence-electron chi connectivity index (χ4n) is 2.14. The van der Waals surface area contributed by atoms with Crippen LogP contribution in [0.4, 0.5) is 0 Å². The molecule has 3 rings (SSSR count). The van der Waals surface area contributed by atoms with E-state index in [4.69, 9.17) is 23.2 Å². The monoisotopic (exact) mass is 279 g/mol. The van der Waals surface area contributed by atoms with Gasteiger partial charge in [0.15, 0.2) is 0 Å². The SMILES string of the molecule is CC(C)c1c(Cl)nc2cc3[nH]ncc3cc2c1Cl. The number of aromatic nitrogens is 3. The average Bonchev–Trinajstić information content (AvgIpc) is 2.73. The van der Waals surface area contributed by atoms with Crippen LogP contribution in [0.3, 0.4) is 0 Å². The molecule has 5 heteroatoms. The third-order valence-corrected chi connectivity index (χ3v) is 3.74. The van der Waals surface area contributed by atoms with E-state index in [1.165, 1.54) is 0 Å². The zero-order valence-corrected chi connectivity index (χ0v) is 11.5. The van der Waals surface area contributed by atoms with Crippen molar-refractivity contribution >= 4 is 45.0 Å². The number of halogens is 2. The summed E-state index contributed by atoms with van der Waals surface area (Å²) in [5.74, 6) is 0.238. The van der Waals surface area contributed by atoms with Gasteiger partial charge in [-0.2, -0.15) is 5.10 Å². The molecule has 0 amide bonds. The van der Waals surface area contributed by atoms with E-state index in [1.54, 1.807) is 6.20 Å². The van der Waals surface area contributed by atoms with Gasteiger partial charge in [-0.05, 0) is 18.1 Å². The van der Waals surface area contributed by atoms with Crippen molar-refractivity contribution in [3.8, 4) is 0 Å². The summed E-state index contributed by atoms with van der Waals surface area (Å²) in [6, 6.07) is 3.91. The molecule has 1 N–H and O–H groups in total. The first-order valence-electron chi connectivity index (χ1n) is 5.69. The molecule has 1 aromatic carbocycles. The van der Waals surface area contributed by atoms with E-state index < -0.39 is 0 Å². The van der Waals surface area contributed by atoms with Crippen LogP contribution in [0.15, 0.2) is 18.3 Å². The Morgan fingerprint density at radius 1 is 1.22 bits per heavy atom. The summed E-state index contributed by atoms with van der Waals surface area (Å²) in [7, 11) is 0. The molecule has 18 heavy (non-hydrogen) atoms. The molecular weight excluding hydrogens is 269 g/mol. The summed E-state index contributed by atoms with van der Waals surface area (Å²) in [5, 5.41) is 10.0. The third kappa shape index (κ3) is 1.66. The van der Waals surface area contributed by atoms with Gasteiger partial charge in [-0.25, -0.2) is 4.98 Å². The van der Waals surface area contributed by atoms with E-state index in [0.29, 0.717) is 10.2 Å². The highest BCUT2D eigenvalue weighted by atomic mass is 35.5. The Labute approximate surface area is 114 Å². The number of fused-ring (bicyclic) bond motifs is 2. The van der Waals surface area contributed by atoms with Gasteiger partial charge in [-0.15, -0.1) is 0 Å². The lowest BCUT2D eigenvalue weighted by atomic mass is 10.0. The summed E-state index contributed by atoms with van der Waals surface area (Å²) < 4.78 is 0. The number of H-pyrrole nitrogens is 1. The van der Waals surface area contributed by atoms with Crippen molar-refractivity contribution in [2.75, 3.05) is 0 Å². The van der Waals surface area contributed by atoms with Gasteiger partial charge >= 0.3 is 0 Å². The minimum Gasteiger partial charge on any atom is -0.278 e. The average molecular weight is 280 g/mol. The zero-order chi connectivity index (χ0) is 12.9. The molecule has 0 aliphatic heterocycles. The molecule has 0 radical (unpaired) electrons. The number of benzene rings is 1. The van der Waals surface area contributed by atoms with Crippen LogP contribution in [-0.2, 0) is 0 Å². The van der Waals surface area contributed by atoms with Crippen molar-refractivity contribution in [1.82, 2.24) is 15.2 Å². The van der Waals surface area contributed by atoms with Crippen LogP contribution in [0.1, 0.15) is 25.3 Å². The van der Waals surface area contributed by atoms with Gasteiger partial charge in [0.25, 0.3) is 0 Å². The normalized spacial score (nSPS) is 11.8. The number of aromatic amines is 1. The summed E-state index contributed by atoms with van der Waals surface area (Å²) in [5.41, 5.74) is 2.61. The molecule has 0 atom stereocenters. The van der Waals surface area contributed by atoms with Crippen molar-refractivity contribution in [1.29, 1.82) is 0 Å². The highest BCUT2D eigenvalue weighted by Crippen LogP contribution is 2.36. The number of nitrogens with zero attached hydrogens (tertiary/aromatic N) is 2. The molecule has 0 unspecified atom stereocenters. The predicted molar refractivity (Wildman–Crippen MR) is 75.5 cm³/mol. The van der Waals surface area contributed by atoms with Gasteiger partial charge in [0.2, 0.25) is 0 Å². The van der Waals surface area contributed by atoms with Crippen LogP contribution in [0.5, 0.6) is 0 Å². The topological polar surface area (TPSA) is 41.6 Å². The Bertz CT molecular complexity index is 747. The minimum absolute atomic E-state index is 0.238. The molecule has 92 valence electrons. The van der Waals surface area contributed by atoms with E-state index in [-0.39, 0.29) is 5.92 Å². The highest BCUT2D eigenvalue weighted by Gasteiger charge is 2.16. The predicted octanol–water partition coefficient (Wildman–Crippen LogP) is 4.54. The maximum Gasteiger partial charge on any atom is 0.134 e. The second kappa shape index (κ2) is 4.11. The lowest BCUT2D eigenvalue weighted by molar-refractivity contribution is 0.862. The van der Waals surface area contributed by atoms with Gasteiger partial charge in [0, 0.05) is 16.3 Å². The van der Waals surface area contributed by atoms with E-state index >= 15 is 0 Å². The second-order valence-electron chi connectivity index (χ2n) is 4.61. The fraction of sp³-hybridized carbons (Fsp3) is 0.231. The molecular formula is C13H11Cl2N3. The number of hydrogen-bond acceptors (Lipinski definition) is 2. The fourth-order valence-corrected chi connectivity index (χ4v) is 3.05. The van der Waals surface area contributed by atoms with E-state index in [9.17, 15) is 0 Å². The molecule has 0 saturated heterocycles. The molecule has 0 aliphatic rings. The number of rotatable bonds is 1. The number of hydrogen-bond donors (Lipinski definition) is 1. The molecule has 0 aliphatic carbocycles. The molecule has 0 fully saturated rings. The van der Waals surface area contributed by atoms with Crippen molar-refractivity contribution in [3.05, 3.63) is 34.1 Å². The first-order chi connectivity index (χ1) is 8.58. The van der Waals surface area contributed by atoms with Gasteiger partial charge in [0.05, 0.1) is 22.3 Å². The first-order valence-corrected chi connectivity index (χ1v) is 6.45. The summed E-state index contributed by atoms with van der Waals surface area (Å²) in [4.78, 5) is 4.42. The van der Waals surface area contributed by atoms with Crippen LogP contribution in [0.25, 0.3) is 21.8 Å². The third-order valence-electron chi connectivity index (χ3n) is 3.05. The Morgan fingerprint density at radius 2 is 2.00 bits per heavy atom. The lowest BCUT2D eigenvalue weighted by Gasteiger charge is -2.12. The van der Waals surface area contributed by atoms with Gasteiger partial charge in [-0.3, -0.25) is 5.10 Å². The number of nitrogens with one attached hydrogen (secondary N) is 1. The Balaban J connectivity index is 2.45. The second-order valence-corrected chi connectivity index (χ2v) is 5.35. The summed E-state index contributed by atoms with van der Waals surface area (Å²) >= 11 is 12.7. The summed E-state index contributed by atoms with van der Waals surface area (Å²) in [6.07, 6.45) is 1.77. The standard InChI is InChI=1S/C13H11Cl2N3/c1-6(2)11-12(14)8-3-7-5-16-18-9(7)4-10(8)17-13(11)15/h3-6H,1-2H3,(H,16,18). The van der Waals surface area contributed by atoms with Crippen LogP contribution in [-0.4, -0.2) is 15.2 Å². The van der Waals surface area contributed by atoms with Crippen molar-refractivity contribution < 1.29 is 0 Å². The molecule has 3 nitrogen and oxygen atoms in total. The maximum absolute atomic E-state index is 6.45. The van der Waals surface area contributed by atoms with Crippen molar-refractivity contribution in [3.63, 3.8) is 0 Å². The van der Waals surface area contributed by atoms with Gasteiger partial charge < -0.3 is 0 Å². The van der Waals surface area contributed by atoms with E-state index in [2.05, 4.69) is 29.0 Å². The van der Waals surface area contributed by atoms with Crippen LogP contribution < -0.4 is 0 Å². The lowest BCUT2D eigenvalue weighted by Crippen LogP contribution is -1.95. The van der Waals surface area contributed by atoms with Crippen LogP contribution in [0, 0.1) is 0 Å². The van der Waals surface area contributed by atoms with E-state index in [0.717, 1.165) is 27.4 Å². The maximum atomic E-state index is 6.45. The Hall–Kier alpha value is -1.32. The van der Waals surface area contributed by atoms with Crippen LogP contribution >= 0.6 is 23.2 Å². The molecule has 3 aromatic rings. The highest BCUT2D eigenvalue weighted by molar-refractivity contribution is 6.39. The smallest absolute Gasteiger partial charge is 0.134 e. The molecule has 2 heterocycles. The quantitative estimate of drug-likeness (QED) is 0.665. The summed E-state index contributed by atoms with van der Waals surface area (Å²) in [6.45, 7) is 4.11. The Morgan fingerprint density at radius 3 is 2.72 bits per heavy atom. The number of pyridine rings is 1. The Kier molecular flexibility index (Phi) is 2.68. The molecule has 2 aromatic heterocycles. The van der Waals surface area contributed by atoms with E-state index in [1.807, 2.05) is 12.1 Å². The molecule has 0 spiro atoms. The first kappa shape index (κ1) is 11.8. The minimum atomic E-state index is 0.238. The van der Waals surface area contributed by atoms with Crippen molar-refractivity contribution in [2.24, 2.45) is 0 Å². The van der Waals surface area contributed by atoms with Crippen molar-refractivity contribution in [2.45, 2.75) is 19.8 Å². The molecule has 0 bridgehead atoms. The zero-order valence-electron chi connectivity index (χ0n) is 9.96.